The van der Waals surface area contributed by atoms with E-state index in [0.29, 0.717) is 18.5 Å². The molecule has 2 heterocycles. The number of carbonyl (C=O) groups excluding carboxylic acids is 1. The van der Waals surface area contributed by atoms with E-state index in [2.05, 4.69) is 0 Å². The summed E-state index contributed by atoms with van der Waals surface area (Å²) in [6, 6.07) is 11.3. The zero-order valence-electron chi connectivity index (χ0n) is 13.5. The third-order valence-electron chi connectivity index (χ3n) is 4.01. The molecule has 24 heavy (non-hydrogen) atoms. The van der Waals surface area contributed by atoms with E-state index in [4.69, 9.17) is 9.47 Å². The van der Waals surface area contributed by atoms with Crippen LogP contribution in [-0.2, 0) is 17.7 Å². The SMILES string of the molecule is COC(=O)c1cc(OC/C=C/c2ccccc2)c(=O)n2c1CCC2. The van der Waals surface area contributed by atoms with Gasteiger partial charge >= 0.3 is 5.97 Å². The molecule has 0 unspecified atom stereocenters. The summed E-state index contributed by atoms with van der Waals surface area (Å²) in [4.78, 5) is 24.4. The van der Waals surface area contributed by atoms with Crippen molar-refractivity contribution in [1.82, 2.24) is 4.57 Å². The molecule has 0 spiro atoms. The van der Waals surface area contributed by atoms with Crippen molar-refractivity contribution in [3.63, 3.8) is 0 Å². The van der Waals surface area contributed by atoms with Crippen LogP contribution in [0.2, 0.25) is 0 Å². The lowest BCUT2D eigenvalue weighted by molar-refractivity contribution is 0.0598. The highest BCUT2D eigenvalue weighted by Crippen LogP contribution is 2.21. The molecule has 1 aliphatic heterocycles. The predicted molar refractivity (Wildman–Crippen MR) is 91.3 cm³/mol. The number of hydrogen-bond donors (Lipinski definition) is 0. The molecule has 1 aromatic carbocycles. The standard InChI is InChI=1S/C19H19NO4/c1-23-19(22)15-13-17(18(21)20-11-5-10-16(15)20)24-12-6-9-14-7-3-2-4-8-14/h2-4,6-9,13H,5,10-12H2,1H3/b9-6+. The fourth-order valence-corrected chi connectivity index (χ4v) is 2.86. The average molecular weight is 325 g/mol. The Balaban J connectivity index is 1.80. The van der Waals surface area contributed by atoms with Crippen molar-refractivity contribution in [1.29, 1.82) is 0 Å². The quantitative estimate of drug-likeness (QED) is 0.793. The molecule has 1 aliphatic rings. The number of rotatable bonds is 5. The van der Waals surface area contributed by atoms with Gasteiger partial charge in [-0.2, -0.15) is 0 Å². The summed E-state index contributed by atoms with van der Waals surface area (Å²) in [6.07, 6.45) is 5.31. The minimum Gasteiger partial charge on any atom is -0.484 e. The number of methoxy groups -OCH3 is 1. The molecule has 0 saturated carbocycles. The van der Waals surface area contributed by atoms with Gasteiger partial charge in [0, 0.05) is 18.3 Å². The number of benzene rings is 1. The molecule has 3 rings (SSSR count). The Hall–Kier alpha value is -2.82. The number of pyridine rings is 1. The van der Waals surface area contributed by atoms with Gasteiger partial charge in [0.05, 0.1) is 12.7 Å². The van der Waals surface area contributed by atoms with Crippen LogP contribution in [0.15, 0.2) is 47.3 Å². The minimum absolute atomic E-state index is 0.179. The van der Waals surface area contributed by atoms with E-state index in [1.807, 2.05) is 42.5 Å². The van der Waals surface area contributed by atoms with Gasteiger partial charge in [0.15, 0.2) is 5.75 Å². The van der Waals surface area contributed by atoms with Gasteiger partial charge in [-0.15, -0.1) is 0 Å². The number of carbonyl (C=O) groups is 1. The molecule has 0 aliphatic carbocycles. The van der Waals surface area contributed by atoms with Gasteiger partial charge < -0.3 is 14.0 Å². The van der Waals surface area contributed by atoms with E-state index in [1.54, 1.807) is 4.57 Å². The summed E-state index contributed by atoms with van der Waals surface area (Å²) >= 11 is 0. The maximum absolute atomic E-state index is 12.4. The van der Waals surface area contributed by atoms with Crippen LogP contribution in [-0.4, -0.2) is 24.3 Å². The summed E-state index contributed by atoms with van der Waals surface area (Å²) in [5.74, 6) is -0.260. The summed E-state index contributed by atoms with van der Waals surface area (Å²) in [6.45, 7) is 0.860. The zero-order valence-corrected chi connectivity index (χ0v) is 13.5. The van der Waals surface area contributed by atoms with Crippen LogP contribution in [0, 0.1) is 0 Å². The second-order valence-corrected chi connectivity index (χ2v) is 5.54. The third-order valence-corrected chi connectivity index (χ3v) is 4.01. The molecular weight excluding hydrogens is 306 g/mol. The average Bonchev–Trinajstić information content (AvgIpc) is 3.11. The van der Waals surface area contributed by atoms with Crippen molar-refractivity contribution in [3.05, 3.63) is 69.6 Å². The first-order chi connectivity index (χ1) is 11.7. The Morgan fingerprint density at radius 2 is 2.08 bits per heavy atom. The van der Waals surface area contributed by atoms with E-state index in [9.17, 15) is 9.59 Å². The molecule has 0 radical (unpaired) electrons. The van der Waals surface area contributed by atoms with Gasteiger partial charge in [0.2, 0.25) is 0 Å². The molecule has 124 valence electrons. The third kappa shape index (κ3) is 3.25. The van der Waals surface area contributed by atoms with Crippen LogP contribution >= 0.6 is 0 Å². The highest BCUT2D eigenvalue weighted by atomic mass is 16.5. The fourth-order valence-electron chi connectivity index (χ4n) is 2.86. The lowest BCUT2D eigenvalue weighted by atomic mass is 10.1. The van der Waals surface area contributed by atoms with E-state index < -0.39 is 5.97 Å². The van der Waals surface area contributed by atoms with Crippen LogP contribution < -0.4 is 10.3 Å². The monoisotopic (exact) mass is 325 g/mol. The number of ether oxygens (including phenoxy) is 2. The van der Waals surface area contributed by atoms with Crippen LogP contribution in [0.4, 0.5) is 0 Å². The first-order valence-electron chi connectivity index (χ1n) is 7.90. The highest BCUT2D eigenvalue weighted by Gasteiger charge is 2.23. The van der Waals surface area contributed by atoms with E-state index >= 15 is 0 Å². The van der Waals surface area contributed by atoms with Crippen LogP contribution in [0.25, 0.3) is 6.08 Å². The summed E-state index contributed by atoms with van der Waals surface area (Å²) in [5.41, 5.74) is 2.01. The molecule has 0 fully saturated rings. The Morgan fingerprint density at radius 1 is 1.29 bits per heavy atom. The first-order valence-corrected chi connectivity index (χ1v) is 7.90. The maximum atomic E-state index is 12.4. The summed E-state index contributed by atoms with van der Waals surface area (Å²) < 4.78 is 12.0. The molecular formula is C19H19NO4. The van der Waals surface area contributed by atoms with Crippen molar-refractivity contribution in [3.8, 4) is 5.75 Å². The van der Waals surface area contributed by atoms with Gasteiger partial charge in [-0.25, -0.2) is 4.79 Å². The van der Waals surface area contributed by atoms with Crippen molar-refractivity contribution in [2.45, 2.75) is 19.4 Å². The van der Waals surface area contributed by atoms with Crippen LogP contribution in [0.1, 0.15) is 28.0 Å². The second kappa shape index (κ2) is 7.17. The zero-order chi connectivity index (χ0) is 16.9. The normalized spacial score (nSPS) is 13.0. The Morgan fingerprint density at radius 3 is 2.83 bits per heavy atom. The van der Waals surface area contributed by atoms with Gasteiger partial charge in [-0.05, 0) is 24.5 Å². The molecule has 0 N–H and O–H groups in total. The number of esters is 1. The fraction of sp³-hybridized carbons (Fsp3) is 0.263. The molecule has 0 amide bonds. The minimum atomic E-state index is -0.440. The maximum Gasteiger partial charge on any atom is 0.339 e. The van der Waals surface area contributed by atoms with E-state index in [0.717, 1.165) is 17.7 Å². The molecule has 1 aromatic heterocycles. The van der Waals surface area contributed by atoms with Crippen LogP contribution in [0.5, 0.6) is 5.75 Å². The number of nitrogens with zero attached hydrogens (tertiary/aromatic N) is 1. The Labute approximate surface area is 140 Å². The number of fused-ring (bicyclic) bond motifs is 1. The van der Waals surface area contributed by atoms with Gasteiger partial charge in [0.25, 0.3) is 5.56 Å². The van der Waals surface area contributed by atoms with E-state index in [-0.39, 0.29) is 17.9 Å². The van der Waals surface area contributed by atoms with Crippen molar-refractivity contribution >= 4 is 12.0 Å². The smallest absolute Gasteiger partial charge is 0.339 e. The van der Waals surface area contributed by atoms with E-state index in [1.165, 1.54) is 13.2 Å². The Bertz CT molecular complexity index is 821. The first kappa shape index (κ1) is 16.1. The Kier molecular flexibility index (Phi) is 4.79. The van der Waals surface area contributed by atoms with Crippen LogP contribution in [0.3, 0.4) is 0 Å². The highest BCUT2D eigenvalue weighted by molar-refractivity contribution is 5.91. The lowest BCUT2D eigenvalue weighted by Gasteiger charge is -2.11. The molecule has 0 saturated heterocycles. The second-order valence-electron chi connectivity index (χ2n) is 5.54. The lowest BCUT2D eigenvalue weighted by Crippen LogP contribution is -2.24. The molecule has 5 nitrogen and oxygen atoms in total. The van der Waals surface area contributed by atoms with Crippen molar-refractivity contribution in [2.75, 3.05) is 13.7 Å². The van der Waals surface area contributed by atoms with Gasteiger partial charge in [-0.1, -0.05) is 36.4 Å². The van der Waals surface area contributed by atoms with Crippen molar-refractivity contribution < 1.29 is 14.3 Å². The molecule has 0 atom stereocenters. The predicted octanol–water partition coefficient (Wildman–Crippen LogP) is 2.67. The van der Waals surface area contributed by atoms with Gasteiger partial charge in [-0.3, -0.25) is 4.79 Å². The molecule has 5 heteroatoms. The van der Waals surface area contributed by atoms with Crippen molar-refractivity contribution in [2.24, 2.45) is 0 Å². The number of aromatic nitrogens is 1. The number of hydrogen-bond acceptors (Lipinski definition) is 4. The molecule has 2 aromatic rings. The summed E-state index contributed by atoms with van der Waals surface area (Å²) in [5, 5.41) is 0. The molecule has 0 bridgehead atoms. The van der Waals surface area contributed by atoms with Gasteiger partial charge in [0.1, 0.15) is 6.61 Å². The largest absolute Gasteiger partial charge is 0.484 e. The topological polar surface area (TPSA) is 57.5 Å². The summed E-state index contributed by atoms with van der Waals surface area (Å²) in [7, 11) is 1.34.